The maximum Gasteiger partial charge on any atom is 0.273 e. The Balaban J connectivity index is 1.81. The first kappa shape index (κ1) is 21.8. The number of nitrogens with zero attached hydrogens (tertiary/aromatic N) is 2. The Kier molecular flexibility index (Phi) is 7.41. The highest BCUT2D eigenvalue weighted by atomic mass is 16.3. The molecule has 5 heteroatoms. The van der Waals surface area contributed by atoms with Crippen molar-refractivity contribution < 1.29 is 9.21 Å². The zero-order valence-electron chi connectivity index (χ0n) is 18.3. The normalized spacial score (nSPS) is 12.3. The lowest BCUT2D eigenvalue weighted by molar-refractivity contribution is 0.0950. The molecule has 0 aliphatic heterocycles. The molecule has 1 unspecified atom stereocenters. The average Bonchev–Trinajstić information content (AvgIpc) is 3.23. The third kappa shape index (κ3) is 5.57. The number of hydrogen-bond donors (Lipinski definition) is 1. The quantitative estimate of drug-likeness (QED) is 0.524. The van der Waals surface area contributed by atoms with Crippen LogP contribution in [0.5, 0.6) is 0 Å². The minimum Gasteiger partial charge on any atom is -0.447 e. The van der Waals surface area contributed by atoms with Gasteiger partial charge in [-0.15, -0.1) is 0 Å². The molecular weight excluding hydrogens is 374 g/mol. The first-order valence-corrected chi connectivity index (χ1v) is 10.6. The van der Waals surface area contributed by atoms with Gasteiger partial charge >= 0.3 is 0 Å². The van der Waals surface area contributed by atoms with E-state index >= 15 is 0 Å². The Bertz CT molecular complexity index is 933. The summed E-state index contributed by atoms with van der Waals surface area (Å²) >= 11 is 0. The topological polar surface area (TPSA) is 58.4 Å². The van der Waals surface area contributed by atoms with Gasteiger partial charge in [0.05, 0.1) is 6.54 Å². The van der Waals surface area contributed by atoms with Gasteiger partial charge < -0.3 is 9.73 Å². The highest BCUT2D eigenvalue weighted by molar-refractivity contribution is 5.91. The zero-order chi connectivity index (χ0) is 21.5. The molecule has 1 amide bonds. The predicted octanol–water partition coefficient (Wildman–Crippen LogP) is 5.31. The highest BCUT2D eigenvalue weighted by Gasteiger charge is 2.20. The van der Waals surface area contributed by atoms with E-state index in [0.29, 0.717) is 30.6 Å². The lowest BCUT2D eigenvalue weighted by Gasteiger charge is -2.28. The van der Waals surface area contributed by atoms with Crippen molar-refractivity contribution in [3.8, 4) is 0 Å². The Morgan fingerprint density at radius 1 is 1.00 bits per heavy atom. The van der Waals surface area contributed by atoms with Gasteiger partial charge in [0.1, 0.15) is 6.26 Å². The molecule has 2 aromatic carbocycles. The maximum atomic E-state index is 12.0. The van der Waals surface area contributed by atoms with Crippen molar-refractivity contribution in [1.29, 1.82) is 0 Å². The van der Waals surface area contributed by atoms with Gasteiger partial charge in [-0.3, -0.25) is 9.69 Å². The fourth-order valence-corrected chi connectivity index (χ4v) is 3.43. The summed E-state index contributed by atoms with van der Waals surface area (Å²) in [5, 5.41) is 2.76. The molecule has 0 bridgehead atoms. The molecule has 1 aromatic heterocycles. The van der Waals surface area contributed by atoms with E-state index in [4.69, 9.17) is 4.42 Å². The van der Waals surface area contributed by atoms with Crippen LogP contribution in [0.2, 0.25) is 0 Å². The number of carbonyl (C=O) groups excluding carboxylic acids is 1. The summed E-state index contributed by atoms with van der Waals surface area (Å²) in [7, 11) is 0. The third-order valence-electron chi connectivity index (χ3n) is 5.32. The van der Waals surface area contributed by atoms with Crippen molar-refractivity contribution in [3.63, 3.8) is 0 Å². The van der Waals surface area contributed by atoms with Gasteiger partial charge in [-0.25, -0.2) is 4.98 Å². The third-order valence-corrected chi connectivity index (χ3v) is 5.32. The van der Waals surface area contributed by atoms with E-state index in [1.165, 1.54) is 23.0 Å². The molecule has 5 nitrogen and oxygen atoms in total. The van der Waals surface area contributed by atoms with Crippen LogP contribution in [-0.2, 0) is 13.1 Å². The molecule has 30 heavy (non-hydrogen) atoms. The Morgan fingerprint density at radius 3 is 2.33 bits per heavy atom. The largest absolute Gasteiger partial charge is 0.447 e. The summed E-state index contributed by atoms with van der Waals surface area (Å²) < 4.78 is 5.62. The molecule has 0 saturated carbocycles. The molecular formula is C25H31N3O2. The van der Waals surface area contributed by atoms with E-state index in [2.05, 4.69) is 84.5 Å². The van der Waals surface area contributed by atoms with Crippen LogP contribution in [0.15, 0.2) is 65.3 Å². The number of carbonyl (C=O) groups is 1. The van der Waals surface area contributed by atoms with Crippen LogP contribution in [0.3, 0.4) is 0 Å². The monoisotopic (exact) mass is 405 g/mol. The van der Waals surface area contributed by atoms with Crippen molar-refractivity contribution >= 4 is 5.91 Å². The van der Waals surface area contributed by atoms with Gasteiger partial charge in [0.15, 0.2) is 5.69 Å². The van der Waals surface area contributed by atoms with Gasteiger partial charge in [-0.2, -0.15) is 0 Å². The number of oxazole rings is 1. The number of amides is 1. The highest BCUT2D eigenvalue weighted by Crippen LogP contribution is 2.25. The van der Waals surface area contributed by atoms with E-state index < -0.39 is 0 Å². The van der Waals surface area contributed by atoms with Gasteiger partial charge in [-0.05, 0) is 36.5 Å². The fraction of sp³-hybridized carbons (Fsp3) is 0.360. The molecule has 0 fully saturated rings. The van der Waals surface area contributed by atoms with E-state index in [-0.39, 0.29) is 11.9 Å². The molecule has 1 heterocycles. The van der Waals surface area contributed by atoms with Crippen molar-refractivity contribution in [2.75, 3.05) is 6.54 Å². The molecule has 1 atom stereocenters. The SMILES string of the molecule is CCNC(=O)c1coc(CN(Cc2ccc(C(C)C)cc2)C(C)c2ccccc2)n1. The van der Waals surface area contributed by atoms with E-state index in [0.717, 1.165) is 6.54 Å². The predicted molar refractivity (Wildman–Crippen MR) is 119 cm³/mol. The molecule has 0 saturated heterocycles. The Hall–Kier alpha value is -2.92. The summed E-state index contributed by atoms with van der Waals surface area (Å²) in [5.74, 6) is 0.843. The summed E-state index contributed by atoms with van der Waals surface area (Å²) in [4.78, 5) is 18.7. The summed E-state index contributed by atoms with van der Waals surface area (Å²) in [5.41, 5.74) is 4.12. The number of aromatic nitrogens is 1. The first-order chi connectivity index (χ1) is 14.5. The van der Waals surface area contributed by atoms with Crippen LogP contribution in [-0.4, -0.2) is 22.3 Å². The Labute approximate surface area is 179 Å². The second kappa shape index (κ2) is 10.2. The van der Waals surface area contributed by atoms with E-state index in [1.54, 1.807) is 0 Å². The lowest BCUT2D eigenvalue weighted by Crippen LogP contribution is -2.27. The standard InChI is InChI=1S/C25H31N3O2/c1-5-26-25(29)23-17-30-24(27-23)16-28(19(4)22-9-7-6-8-10-22)15-20-11-13-21(14-12-20)18(2)3/h6-14,17-19H,5,15-16H2,1-4H3,(H,26,29). The molecule has 3 rings (SSSR count). The molecule has 1 N–H and O–H groups in total. The molecule has 0 aliphatic rings. The van der Waals surface area contributed by atoms with Crippen molar-refractivity contribution in [2.24, 2.45) is 0 Å². The smallest absolute Gasteiger partial charge is 0.273 e. The van der Waals surface area contributed by atoms with Gasteiger partial charge in [0.25, 0.3) is 5.91 Å². The number of rotatable bonds is 9. The number of benzene rings is 2. The molecule has 158 valence electrons. The van der Waals surface area contributed by atoms with Crippen LogP contribution in [0, 0.1) is 0 Å². The summed E-state index contributed by atoms with van der Waals surface area (Å²) in [6.07, 6.45) is 1.43. The summed E-state index contributed by atoms with van der Waals surface area (Å²) in [6, 6.07) is 19.3. The second-order valence-corrected chi connectivity index (χ2v) is 7.87. The van der Waals surface area contributed by atoms with Crippen LogP contribution < -0.4 is 5.32 Å². The first-order valence-electron chi connectivity index (χ1n) is 10.6. The van der Waals surface area contributed by atoms with Crippen LogP contribution in [0.1, 0.15) is 72.7 Å². The molecule has 0 radical (unpaired) electrons. The lowest BCUT2D eigenvalue weighted by atomic mass is 10.0. The van der Waals surface area contributed by atoms with Gasteiger partial charge in [-0.1, -0.05) is 68.4 Å². The van der Waals surface area contributed by atoms with Crippen LogP contribution in [0.25, 0.3) is 0 Å². The van der Waals surface area contributed by atoms with Crippen LogP contribution in [0.4, 0.5) is 0 Å². The average molecular weight is 406 g/mol. The zero-order valence-corrected chi connectivity index (χ0v) is 18.3. The van der Waals surface area contributed by atoms with Crippen LogP contribution >= 0.6 is 0 Å². The van der Waals surface area contributed by atoms with Crippen molar-refractivity contribution in [2.45, 2.75) is 52.7 Å². The maximum absolute atomic E-state index is 12.0. The second-order valence-electron chi connectivity index (χ2n) is 7.87. The van der Waals surface area contributed by atoms with Crippen molar-refractivity contribution in [3.05, 3.63) is 89.1 Å². The minimum atomic E-state index is -0.209. The number of nitrogens with one attached hydrogen (secondary N) is 1. The van der Waals surface area contributed by atoms with Gasteiger partial charge in [0.2, 0.25) is 5.89 Å². The van der Waals surface area contributed by atoms with E-state index in [9.17, 15) is 4.79 Å². The Morgan fingerprint density at radius 2 is 1.70 bits per heavy atom. The number of hydrogen-bond acceptors (Lipinski definition) is 4. The van der Waals surface area contributed by atoms with Gasteiger partial charge in [0, 0.05) is 19.1 Å². The fourth-order valence-electron chi connectivity index (χ4n) is 3.43. The van der Waals surface area contributed by atoms with E-state index in [1.807, 2.05) is 13.0 Å². The molecule has 0 aliphatic carbocycles. The molecule has 3 aromatic rings. The minimum absolute atomic E-state index is 0.163. The summed E-state index contributed by atoms with van der Waals surface area (Å²) in [6.45, 7) is 10.3. The van der Waals surface area contributed by atoms with Crippen molar-refractivity contribution in [1.82, 2.24) is 15.2 Å². The molecule has 0 spiro atoms.